The second-order valence-electron chi connectivity index (χ2n) is 8.24. The molecular formula is C23H20ClN3O4. The van der Waals surface area contributed by atoms with Crippen LogP contribution in [0, 0.1) is 33.8 Å². The summed E-state index contributed by atoms with van der Waals surface area (Å²) >= 11 is 6.16. The number of rotatable bonds is 6. The molecule has 2 aromatic rings. The molecule has 1 aliphatic heterocycles. The summed E-state index contributed by atoms with van der Waals surface area (Å²) < 4.78 is 0. The van der Waals surface area contributed by atoms with E-state index in [0.29, 0.717) is 23.7 Å². The Hall–Kier alpha value is -3.19. The smallest absolute Gasteiger partial charge is 0.294 e. The molecule has 0 unspecified atom stereocenters. The minimum atomic E-state index is -0.502. The van der Waals surface area contributed by atoms with Crippen molar-refractivity contribution in [3.8, 4) is 0 Å². The fraction of sp³-hybridized carbons (Fsp3) is 0.304. The summed E-state index contributed by atoms with van der Waals surface area (Å²) in [5.41, 5.74) is 1.36. The van der Waals surface area contributed by atoms with E-state index in [1.165, 1.54) is 6.07 Å². The summed E-state index contributed by atoms with van der Waals surface area (Å²) in [6, 6.07) is 11.9. The number of halogens is 1. The van der Waals surface area contributed by atoms with Crippen LogP contribution >= 0.6 is 11.6 Å². The quantitative estimate of drug-likeness (QED) is 0.316. The van der Waals surface area contributed by atoms with Gasteiger partial charge in [-0.15, -0.1) is 0 Å². The molecule has 1 N–H and O–H groups in total. The van der Waals surface area contributed by atoms with Gasteiger partial charge in [0.05, 0.1) is 22.4 Å². The van der Waals surface area contributed by atoms with Crippen LogP contribution in [-0.2, 0) is 16.0 Å². The molecule has 2 amide bonds. The molecule has 1 heterocycles. The van der Waals surface area contributed by atoms with Crippen LogP contribution in [-0.4, -0.2) is 23.3 Å². The third kappa shape index (κ3) is 3.20. The Labute approximate surface area is 183 Å². The Morgan fingerprint density at radius 2 is 1.74 bits per heavy atom. The van der Waals surface area contributed by atoms with E-state index < -0.39 is 4.92 Å². The maximum Gasteiger partial charge on any atom is 0.294 e. The standard InChI is InChI=1S/C23H20ClN3O4/c24-17-4-2-1-3-13(17)9-10-25-18-8-7-16(12-19(18)27(30)31)26-22(28)20-14-5-6-15(11-14)21(20)23(26)29/h1-8,12,14-15,20-21,25H,9-11H2/t14-,15-,20-,21+/m0/s1. The molecule has 158 valence electrons. The number of benzene rings is 2. The maximum absolute atomic E-state index is 13.0. The number of imide groups is 1. The highest BCUT2D eigenvalue weighted by molar-refractivity contribution is 6.31. The van der Waals surface area contributed by atoms with E-state index in [2.05, 4.69) is 5.32 Å². The molecule has 1 saturated carbocycles. The van der Waals surface area contributed by atoms with Crippen molar-refractivity contribution in [2.75, 3.05) is 16.8 Å². The first-order valence-corrected chi connectivity index (χ1v) is 10.7. The first-order chi connectivity index (χ1) is 15.0. The van der Waals surface area contributed by atoms with Crippen LogP contribution in [0.3, 0.4) is 0 Å². The molecule has 1 saturated heterocycles. The SMILES string of the molecule is O=C1[C@@H]2[C@H](C(=O)N1c1ccc(NCCc3ccccc3Cl)c([N+](=O)[O-])c1)[C@H]1C=C[C@H]2C1. The molecular weight excluding hydrogens is 418 g/mol. The predicted octanol–water partition coefficient (Wildman–Crippen LogP) is 4.21. The van der Waals surface area contributed by atoms with E-state index in [-0.39, 0.29) is 46.9 Å². The van der Waals surface area contributed by atoms with E-state index in [4.69, 9.17) is 11.6 Å². The molecule has 2 aliphatic carbocycles. The highest BCUT2D eigenvalue weighted by Crippen LogP contribution is 2.53. The van der Waals surface area contributed by atoms with E-state index in [1.54, 1.807) is 18.2 Å². The molecule has 31 heavy (non-hydrogen) atoms. The maximum atomic E-state index is 13.0. The van der Waals surface area contributed by atoms with Gasteiger partial charge in [-0.25, -0.2) is 4.90 Å². The predicted molar refractivity (Wildman–Crippen MR) is 117 cm³/mol. The number of hydrogen-bond acceptors (Lipinski definition) is 5. The van der Waals surface area contributed by atoms with Gasteiger partial charge in [0, 0.05) is 17.6 Å². The van der Waals surface area contributed by atoms with Crippen molar-refractivity contribution in [3.63, 3.8) is 0 Å². The Kier molecular flexibility index (Phi) is 4.78. The fourth-order valence-corrected chi connectivity index (χ4v) is 5.38. The Morgan fingerprint density at radius 3 is 2.39 bits per heavy atom. The van der Waals surface area contributed by atoms with Gasteiger partial charge < -0.3 is 5.32 Å². The van der Waals surface area contributed by atoms with E-state index in [9.17, 15) is 19.7 Å². The summed E-state index contributed by atoms with van der Waals surface area (Å²) in [7, 11) is 0. The summed E-state index contributed by atoms with van der Waals surface area (Å²) in [5, 5.41) is 15.4. The number of nitro groups is 1. The third-order valence-electron chi connectivity index (χ3n) is 6.57. The van der Waals surface area contributed by atoms with Gasteiger partial charge in [-0.3, -0.25) is 19.7 Å². The van der Waals surface area contributed by atoms with Gasteiger partial charge in [0.2, 0.25) is 11.8 Å². The molecule has 0 aromatic heterocycles. The molecule has 2 bridgehead atoms. The van der Waals surface area contributed by atoms with Gasteiger partial charge >= 0.3 is 0 Å². The number of nitro benzene ring substituents is 1. The topological polar surface area (TPSA) is 92.6 Å². The van der Waals surface area contributed by atoms with Crippen LogP contribution in [0.4, 0.5) is 17.1 Å². The van der Waals surface area contributed by atoms with Gasteiger partial charge in [0.15, 0.2) is 0 Å². The highest BCUT2D eigenvalue weighted by Gasteiger charge is 2.59. The lowest BCUT2D eigenvalue weighted by molar-refractivity contribution is -0.383. The molecule has 3 aliphatic rings. The lowest BCUT2D eigenvalue weighted by Crippen LogP contribution is -2.32. The van der Waals surface area contributed by atoms with Gasteiger partial charge in [0.25, 0.3) is 5.69 Å². The average Bonchev–Trinajstić information content (AvgIpc) is 3.43. The molecule has 2 fully saturated rings. The van der Waals surface area contributed by atoms with Crippen molar-refractivity contribution in [2.24, 2.45) is 23.7 Å². The van der Waals surface area contributed by atoms with E-state index in [0.717, 1.165) is 16.9 Å². The highest BCUT2D eigenvalue weighted by atomic mass is 35.5. The zero-order valence-electron chi connectivity index (χ0n) is 16.5. The minimum absolute atomic E-state index is 0.0946. The largest absolute Gasteiger partial charge is 0.379 e. The monoisotopic (exact) mass is 437 g/mol. The first-order valence-electron chi connectivity index (χ1n) is 10.3. The Balaban J connectivity index is 1.36. The van der Waals surface area contributed by atoms with Crippen molar-refractivity contribution < 1.29 is 14.5 Å². The van der Waals surface area contributed by atoms with Crippen molar-refractivity contribution in [3.05, 3.63) is 75.3 Å². The van der Waals surface area contributed by atoms with Gasteiger partial charge in [0.1, 0.15) is 5.69 Å². The molecule has 0 spiro atoms. The van der Waals surface area contributed by atoms with Crippen LogP contribution in [0.5, 0.6) is 0 Å². The van der Waals surface area contributed by atoms with E-state index >= 15 is 0 Å². The first kappa shape index (κ1) is 19.8. The second-order valence-corrected chi connectivity index (χ2v) is 8.65. The van der Waals surface area contributed by atoms with Crippen LogP contribution in [0.15, 0.2) is 54.6 Å². The third-order valence-corrected chi connectivity index (χ3v) is 6.94. The number of amides is 2. The number of carbonyl (C=O) groups excluding carboxylic acids is 2. The Morgan fingerprint density at radius 1 is 1.06 bits per heavy atom. The number of nitrogens with one attached hydrogen (secondary N) is 1. The lowest BCUT2D eigenvalue weighted by atomic mass is 9.85. The summed E-state index contributed by atoms with van der Waals surface area (Å²) in [5.74, 6) is -0.986. The molecule has 5 rings (SSSR count). The lowest BCUT2D eigenvalue weighted by Gasteiger charge is -2.18. The molecule has 2 aromatic carbocycles. The average molecular weight is 438 g/mol. The van der Waals surface area contributed by atoms with Gasteiger partial charge in [-0.2, -0.15) is 0 Å². The van der Waals surface area contributed by atoms with Crippen LogP contribution < -0.4 is 10.2 Å². The van der Waals surface area contributed by atoms with Crippen LogP contribution in [0.1, 0.15) is 12.0 Å². The van der Waals surface area contributed by atoms with Crippen molar-refractivity contribution in [1.29, 1.82) is 0 Å². The zero-order chi connectivity index (χ0) is 21.7. The van der Waals surface area contributed by atoms with E-state index in [1.807, 2.05) is 30.4 Å². The second kappa shape index (κ2) is 7.50. The molecule has 4 atom stereocenters. The van der Waals surface area contributed by atoms with Gasteiger partial charge in [-0.05, 0) is 48.4 Å². The number of hydrogen-bond donors (Lipinski definition) is 1. The molecule has 0 radical (unpaired) electrons. The number of fused-ring (bicyclic) bond motifs is 5. The van der Waals surface area contributed by atoms with Gasteiger partial charge in [-0.1, -0.05) is 42.0 Å². The zero-order valence-corrected chi connectivity index (χ0v) is 17.3. The molecule has 7 nitrogen and oxygen atoms in total. The number of nitrogens with zero attached hydrogens (tertiary/aromatic N) is 2. The Bertz CT molecular complexity index is 1100. The number of allylic oxidation sites excluding steroid dienone is 2. The van der Waals surface area contributed by atoms with Crippen molar-refractivity contribution >= 4 is 40.5 Å². The number of anilines is 2. The summed E-state index contributed by atoms with van der Waals surface area (Å²) in [4.78, 5) is 38.3. The normalized spacial score (nSPS) is 25.9. The molecule has 8 heteroatoms. The summed E-state index contributed by atoms with van der Waals surface area (Å²) in [6.07, 6.45) is 5.49. The summed E-state index contributed by atoms with van der Waals surface area (Å²) in [6.45, 7) is 0.449. The van der Waals surface area contributed by atoms with Crippen molar-refractivity contribution in [2.45, 2.75) is 12.8 Å². The fourth-order valence-electron chi connectivity index (χ4n) is 5.15. The van der Waals surface area contributed by atoms with Crippen molar-refractivity contribution in [1.82, 2.24) is 0 Å². The minimum Gasteiger partial charge on any atom is -0.379 e. The van der Waals surface area contributed by atoms with Crippen LogP contribution in [0.25, 0.3) is 0 Å². The number of carbonyl (C=O) groups is 2. The van der Waals surface area contributed by atoms with Crippen LogP contribution in [0.2, 0.25) is 5.02 Å².